The summed E-state index contributed by atoms with van der Waals surface area (Å²) < 4.78 is 0. The van der Waals surface area contributed by atoms with Crippen molar-refractivity contribution in [2.45, 2.75) is 0 Å². The molecule has 4 nitrogen and oxygen atoms in total. The number of nitrogens with two attached hydrogens (primary N) is 1. The largest absolute Gasteiger partial charge is 0.331 e. The Hall–Kier alpha value is -0.420. The van der Waals surface area contributed by atoms with Gasteiger partial charge in [-0.1, -0.05) is 0 Å². The third-order valence-corrected chi connectivity index (χ3v) is 2.36. The van der Waals surface area contributed by atoms with Gasteiger partial charge in [0.15, 0.2) is 0 Å². The summed E-state index contributed by atoms with van der Waals surface area (Å²) in [5, 5.41) is 0. The van der Waals surface area contributed by atoms with E-state index >= 15 is 0 Å². The zero-order valence-corrected chi connectivity index (χ0v) is 6.49. The Balaban J connectivity index is 2.31. The summed E-state index contributed by atoms with van der Waals surface area (Å²) in [5.74, 6) is 7.00. The Morgan fingerprint density at radius 2 is 2.10 bits per heavy atom. The van der Waals surface area contributed by atoms with Crippen LogP contribution in [-0.2, 0) is 0 Å². The summed E-state index contributed by atoms with van der Waals surface area (Å²) in [7, 11) is 0. The van der Waals surface area contributed by atoms with E-state index in [2.05, 4.69) is 5.43 Å². The molecule has 1 fully saturated rings. The highest BCUT2D eigenvalue weighted by Gasteiger charge is 2.14. The number of nitrogens with one attached hydrogen (secondary N) is 1. The van der Waals surface area contributed by atoms with Crippen molar-refractivity contribution in [1.82, 2.24) is 10.3 Å². The number of hydrazine groups is 1. The summed E-state index contributed by atoms with van der Waals surface area (Å²) in [4.78, 5) is 12.6. The van der Waals surface area contributed by atoms with E-state index in [1.54, 1.807) is 4.90 Å². The minimum absolute atomic E-state index is 0.166. The first-order valence-electron chi connectivity index (χ1n) is 3.18. The average molecular weight is 161 g/mol. The van der Waals surface area contributed by atoms with Gasteiger partial charge in [0.25, 0.3) is 0 Å². The lowest BCUT2D eigenvalue weighted by atomic mass is 10.5. The van der Waals surface area contributed by atoms with Crippen LogP contribution in [0.2, 0.25) is 0 Å². The van der Waals surface area contributed by atoms with Crippen molar-refractivity contribution in [2.75, 3.05) is 24.6 Å². The molecule has 5 heteroatoms. The van der Waals surface area contributed by atoms with E-state index in [0.717, 1.165) is 24.6 Å². The first-order valence-corrected chi connectivity index (χ1v) is 4.33. The highest BCUT2D eigenvalue weighted by Crippen LogP contribution is 2.08. The summed E-state index contributed by atoms with van der Waals surface area (Å²) >= 11 is 1.86. The van der Waals surface area contributed by atoms with Crippen LogP contribution in [0.5, 0.6) is 0 Å². The summed E-state index contributed by atoms with van der Waals surface area (Å²) in [6, 6.07) is -0.166. The lowest BCUT2D eigenvalue weighted by molar-refractivity contribution is 0.203. The molecule has 10 heavy (non-hydrogen) atoms. The van der Waals surface area contributed by atoms with Crippen molar-refractivity contribution in [2.24, 2.45) is 5.84 Å². The molecule has 0 bridgehead atoms. The number of carbonyl (C=O) groups is 1. The molecule has 2 amide bonds. The van der Waals surface area contributed by atoms with Crippen molar-refractivity contribution in [3.63, 3.8) is 0 Å². The topological polar surface area (TPSA) is 58.4 Å². The molecule has 0 aromatic heterocycles. The van der Waals surface area contributed by atoms with Crippen LogP contribution in [0.4, 0.5) is 4.79 Å². The Morgan fingerprint density at radius 3 is 2.60 bits per heavy atom. The summed E-state index contributed by atoms with van der Waals surface area (Å²) in [5.41, 5.74) is 2.11. The second-order valence-electron chi connectivity index (χ2n) is 2.05. The number of hydrogen-bond acceptors (Lipinski definition) is 3. The monoisotopic (exact) mass is 161 g/mol. The molecule has 0 spiro atoms. The Kier molecular flexibility index (Phi) is 2.82. The molecular weight excluding hydrogens is 150 g/mol. The first-order chi connectivity index (χ1) is 4.84. The van der Waals surface area contributed by atoms with Gasteiger partial charge in [0, 0.05) is 24.6 Å². The number of thioether (sulfide) groups is 1. The van der Waals surface area contributed by atoms with Crippen molar-refractivity contribution in [3.05, 3.63) is 0 Å². The second kappa shape index (κ2) is 3.68. The zero-order valence-electron chi connectivity index (χ0n) is 5.67. The highest BCUT2D eigenvalue weighted by atomic mass is 32.2. The van der Waals surface area contributed by atoms with Gasteiger partial charge in [-0.3, -0.25) is 5.43 Å². The van der Waals surface area contributed by atoms with E-state index in [0.29, 0.717) is 0 Å². The van der Waals surface area contributed by atoms with Crippen LogP contribution in [0.15, 0.2) is 0 Å². The number of urea groups is 1. The fourth-order valence-electron chi connectivity index (χ4n) is 0.858. The minimum Gasteiger partial charge on any atom is -0.322 e. The fraction of sp³-hybridized carbons (Fsp3) is 0.800. The van der Waals surface area contributed by atoms with E-state index in [9.17, 15) is 4.79 Å². The van der Waals surface area contributed by atoms with Crippen molar-refractivity contribution < 1.29 is 4.79 Å². The van der Waals surface area contributed by atoms with Gasteiger partial charge in [0.05, 0.1) is 0 Å². The Morgan fingerprint density at radius 1 is 1.50 bits per heavy atom. The molecule has 0 unspecified atom stereocenters. The standard InChI is InChI=1S/C5H11N3OS/c6-7-5(9)8-1-3-10-4-2-8/h1-4,6H2,(H,7,9). The van der Waals surface area contributed by atoms with Gasteiger partial charge in [-0.05, 0) is 0 Å². The minimum atomic E-state index is -0.166. The first kappa shape index (κ1) is 7.68. The van der Waals surface area contributed by atoms with Gasteiger partial charge in [-0.2, -0.15) is 11.8 Å². The van der Waals surface area contributed by atoms with Crippen molar-refractivity contribution >= 4 is 17.8 Å². The number of hydrogen-bond donors (Lipinski definition) is 2. The van der Waals surface area contributed by atoms with Crippen LogP contribution in [0.3, 0.4) is 0 Å². The zero-order chi connectivity index (χ0) is 7.40. The van der Waals surface area contributed by atoms with Crippen LogP contribution in [0, 0.1) is 0 Å². The maximum absolute atomic E-state index is 10.8. The van der Waals surface area contributed by atoms with Gasteiger partial charge < -0.3 is 4.90 Å². The van der Waals surface area contributed by atoms with Gasteiger partial charge in [0.2, 0.25) is 0 Å². The smallest absolute Gasteiger partial charge is 0.322 e. The fourth-order valence-corrected chi connectivity index (χ4v) is 1.76. The normalized spacial score (nSPS) is 18.7. The predicted octanol–water partition coefficient (Wildman–Crippen LogP) is -0.381. The predicted molar refractivity (Wildman–Crippen MR) is 41.6 cm³/mol. The van der Waals surface area contributed by atoms with E-state index in [-0.39, 0.29) is 6.03 Å². The molecule has 0 aliphatic carbocycles. The van der Waals surface area contributed by atoms with Crippen LogP contribution in [0.25, 0.3) is 0 Å². The van der Waals surface area contributed by atoms with E-state index in [1.807, 2.05) is 11.8 Å². The molecule has 3 N–H and O–H groups in total. The molecule has 0 atom stereocenters. The average Bonchev–Trinajstić information content (AvgIpc) is 2.05. The molecule has 1 rings (SSSR count). The lowest BCUT2D eigenvalue weighted by Gasteiger charge is -2.25. The van der Waals surface area contributed by atoms with Gasteiger partial charge in [-0.25, -0.2) is 10.6 Å². The Bertz CT molecular complexity index is 124. The van der Waals surface area contributed by atoms with E-state index in [1.165, 1.54) is 0 Å². The molecule has 0 saturated carbocycles. The maximum atomic E-state index is 10.8. The third kappa shape index (κ3) is 1.78. The van der Waals surface area contributed by atoms with E-state index < -0.39 is 0 Å². The van der Waals surface area contributed by atoms with Gasteiger partial charge in [0.1, 0.15) is 0 Å². The molecule has 58 valence electrons. The SMILES string of the molecule is NNC(=O)N1CCSCC1. The molecule has 1 saturated heterocycles. The van der Waals surface area contributed by atoms with Crippen molar-refractivity contribution in [1.29, 1.82) is 0 Å². The third-order valence-electron chi connectivity index (χ3n) is 1.42. The molecule has 1 heterocycles. The van der Waals surface area contributed by atoms with Crippen LogP contribution in [-0.4, -0.2) is 35.5 Å². The molecule has 0 radical (unpaired) electrons. The highest BCUT2D eigenvalue weighted by molar-refractivity contribution is 7.99. The maximum Gasteiger partial charge on any atom is 0.331 e. The lowest BCUT2D eigenvalue weighted by Crippen LogP contribution is -2.46. The molecule has 1 aliphatic rings. The number of rotatable bonds is 0. The van der Waals surface area contributed by atoms with Crippen LogP contribution < -0.4 is 11.3 Å². The Labute approximate surface area is 64.1 Å². The van der Waals surface area contributed by atoms with Gasteiger partial charge in [-0.15, -0.1) is 0 Å². The number of nitrogens with zero attached hydrogens (tertiary/aromatic N) is 1. The molecule has 0 aromatic rings. The van der Waals surface area contributed by atoms with Crippen LogP contribution in [0.1, 0.15) is 0 Å². The van der Waals surface area contributed by atoms with Gasteiger partial charge >= 0.3 is 6.03 Å². The molecular formula is C5H11N3OS. The second-order valence-corrected chi connectivity index (χ2v) is 3.27. The number of amides is 2. The van der Waals surface area contributed by atoms with Crippen LogP contribution >= 0.6 is 11.8 Å². The summed E-state index contributed by atoms with van der Waals surface area (Å²) in [6.07, 6.45) is 0. The number of carbonyl (C=O) groups excluding carboxylic acids is 1. The summed E-state index contributed by atoms with van der Waals surface area (Å²) in [6.45, 7) is 1.63. The molecule has 0 aromatic carbocycles. The van der Waals surface area contributed by atoms with E-state index in [4.69, 9.17) is 5.84 Å². The molecule has 1 aliphatic heterocycles. The quantitative estimate of drug-likeness (QED) is 0.289. The van der Waals surface area contributed by atoms with Crippen molar-refractivity contribution in [3.8, 4) is 0 Å².